The summed E-state index contributed by atoms with van der Waals surface area (Å²) < 4.78 is 18.8. The fourth-order valence-corrected chi connectivity index (χ4v) is 3.61. The van der Waals surface area contributed by atoms with Crippen LogP contribution in [0.5, 0.6) is 17.2 Å². The van der Waals surface area contributed by atoms with Gasteiger partial charge in [0.2, 0.25) is 0 Å². The van der Waals surface area contributed by atoms with Gasteiger partial charge in [0.15, 0.2) is 11.5 Å². The molecule has 5 nitrogen and oxygen atoms in total. The number of aromatic nitrogens is 1. The molecule has 1 aliphatic rings. The lowest BCUT2D eigenvalue weighted by Gasteiger charge is -2.22. The van der Waals surface area contributed by atoms with E-state index in [4.69, 9.17) is 14.2 Å². The van der Waals surface area contributed by atoms with Gasteiger partial charge in [0.25, 0.3) is 0 Å². The third-order valence-electron chi connectivity index (χ3n) is 4.87. The topological polar surface area (TPSA) is 44.7 Å². The van der Waals surface area contributed by atoms with E-state index in [0.29, 0.717) is 11.5 Å². The molecule has 0 spiro atoms. The lowest BCUT2D eigenvalue weighted by Crippen LogP contribution is -2.22. The molecule has 2 heterocycles. The number of fused-ring (bicyclic) bond motifs is 3. The van der Waals surface area contributed by atoms with Crippen molar-refractivity contribution < 1.29 is 14.2 Å². The van der Waals surface area contributed by atoms with Crippen molar-refractivity contribution in [1.29, 1.82) is 0 Å². The smallest absolute Gasteiger partial charge is 0.164 e. The fourth-order valence-electron chi connectivity index (χ4n) is 3.61. The Morgan fingerprint density at radius 1 is 0.885 bits per heavy atom. The normalized spacial score (nSPS) is 15.6. The molecule has 1 aliphatic heterocycles. The predicted octanol–water partition coefficient (Wildman–Crippen LogP) is 3.70. The molecule has 0 radical (unpaired) electrons. The van der Waals surface area contributed by atoms with Gasteiger partial charge in [-0.15, -0.1) is 0 Å². The second-order valence-corrected chi connectivity index (χ2v) is 6.19. The summed E-state index contributed by atoms with van der Waals surface area (Å²) >= 11 is 0. The van der Waals surface area contributed by atoms with Crippen LogP contribution in [-0.4, -0.2) is 25.9 Å². The Bertz CT molecular complexity index is 933. The lowest BCUT2D eigenvalue weighted by atomic mass is 10.0. The Morgan fingerprint density at radius 3 is 2.38 bits per heavy atom. The summed E-state index contributed by atoms with van der Waals surface area (Å²) in [7, 11) is 4.95. The van der Waals surface area contributed by atoms with Crippen molar-refractivity contribution >= 4 is 0 Å². The molecule has 1 atom stereocenters. The van der Waals surface area contributed by atoms with Crippen LogP contribution in [0, 0.1) is 0 Å². The van der Waals surface area contributed by atoms with Crippen LogP contribution in [0.25, 0.3) is 5.69 Å². The minimum Gasteiger partial charge on any atom is -0.496 e. The molecule has 5 heteroatoms. The summed E-state index contributed by atoms with van der Waals surface area (Å²) in [4.78, 5) is 0. The monoisotopic (exact) mass is 350 g/mol. The van der Waals surface area contributed by atoms with Crippen LogP contribution in [0.4, 0.5) is 0 Å². The van der Waals surface area contributed by atoms with E-state index in [0.717, 1.165) is 23.6 Å². The molecule has 0 bridgehead atoms. The average Bonchev–Trinajstić information content (AvgIpc) is 3.11. The van der Waals surface area contributed by atoms with E-state index in [2.05, 4.69) is 52.5 Å². The minimum absolute atomic E-state index is 0.0350. The first-order valence-electron chi connectivity index (χ1n) is 8.55. The van der Waals surface area contributed by atoms with E-state index in [1.807, 2.05) is 12.1 Å². The molecular weight excluding hydrogens is 328 g/mol. The van der Waals surface area contributed by atoms with Crippen molar-refractivity contribution in [2.45, 2.75) is 12.6 Å². The van der Waals surface area contributed by atoms with Crippen LogP contribution in [-0.2, 0) is 6.54 Å². The standard InChI is InChI=1S/C21H22N2O3/c1-24-18-12-20(26-3)19(25-2)11-15(18)21-17-9-6-10-23(17)16-8-5-4-7-14(16)13-22-21/h4-12,21-22H,13H2,1-3H3/t21-/m1/s1. The van der Waals surface area contributed by atoms with Crippen molar-refractivity contribution in [1.82, 2.24) is 9.88 Å². The first-order chi connectivity index (χ1) is 12.8. The molecule has 1 N–H and O–H groups in total. The third-order valence-corrected chi connectivity index (χ3v) is 4.87. The van der Waals surface area contributed by atoms with Gasteiger partial charge in [-0.1, -0.05) is 18.2 Å². The van der Waals surface area contributed by atoms with Gasteiger partial charge >= 0.3 is 0 Å². The highest BCUT2D eigenvalue weighted by Crippen LogP contribution is 2.41. The number of ether oxygens (including phenoxy) is 3. The van der Waals surface area contributed by atoms with Crippen molar-refractivity contribution in [2.75, 3.05) is 21.3 Å². The summed E-state index contributed by atoms with van der Waals surface area (Å²) in [6.45, 7) is 0.764. The Labute approximate surface area is 153 Å². The molecule has 1 aromatic heterocycles. The SMILES string of the molecule is COc1cc(OC)c([C@H]2NCc3ccccc3-n3cccc32)cc1OC. The fraction of sp³-hybridized carbons (Fsp3) is 0.238. The zero-order valence-corrected chi connectivity index (χ0v) is 15.2. The van der Waals surface area contributed by atoms with E-state index in [-0.39, 0.29) is 6.04 Å². The summed E-state index contributed by atoms with van der Waals surface area (Å²) in [6, 6.07) is 16.5. The number of benzene rings is 2. The van der Waals surface area contributed by atoms with E-state index in [1.54, 1.807) is 21.3 Å². The number of rotatable bonds is 4. The minimum atomic E-state index is -0.0350. The highest BCUT2D eigenvalue weighted by Gasteiger charge is 2.26. The van der Waals surface area contributed by atoms with Crippen molar-refractivity contribution in [3.05, 3.63) is 71.5 Å². The highest BCUT2D eigenvalue weighted by molar-refractivity contribution is 5.55. The number of nitrogens with zero attached hydrogens (tertiary/aromatic N) is 1. The van der Waals surface area contributed by atoms with E-state index >= 15 is 0 Å². The van der Waals surface area contributed by atoms with Gasteiger partial charge < -0.3 is 24.1 Å². The molecule has 0 aliphatic carbocycles. The molecule has 0 amide bonds. The van der Waals surface area contributed by atoms with Crippen LogP contribution in [0.2, 0.25) is 0 Å². The van der Waals surface area contributed by atoms with Crippen molar-refractivity contribution in [3.63, 3.8) is 0 Å². The van der Waals surface area contributed by atoms with Gasteiger partial charge in [0.05, 0.1) is 27.4 Å². The van der Waals surface area contributed by atoms with Gasteiger partial charge in [-0.25, -0.2) is 0 Å². The van der Waals surface area contributed by atoms with Gasteiger partial charge in [-0.3, -0.25) is 0 Å². The molecule has 4 rings (SSSR count). The second-order valence-electron chi connectivity index (χ2n) is 6.19. The molecule has 0 unspecified atom stereocenters. The largest absolute Gasteiger partial charge is 0.496 e. The molecular formula is C21H22N2O3. The van der Waals surface area contributed by atoms with Crippen LogP contribution < -0.4 is 19.5 Å². The summed E-state index contributed by atoms with van der Waals surface area (Å²) in [6.07, 6.45) is 2.10. The maximum Gasteiger partial charge on any atom is 0.164 e. The summed E-state index contributed by atoms with van der Waals surface area (Å²) in [5.74, 6) is 2.10. The third kappa shape index (κ3) is 2.61. The number of hydrogen-bond donors (Lipinski definition) is 1. The Morgan fingerprint density at radius 2 is 1.62 bits per heavy atom. The van der Waals surface area contributed by atoms with Crippen LogP contribution in [0.1, 0.15) is 22.9 Å². The molecule has 3 aromatic rings. The molecule has 26 heavy (non-hydrogen) atoms. The van der Waals surface area contributed by atoms with Crippen LogP contribution in [0.15, 0.2) is 54.7 Å². The van der Waals surface area contributed by atoms with Crippen LogP contribution in [0.3, 0.4) is 0 Å². The van der Waals surface area contributed by atoms with Crippen LogP contribution >= 0.6 is 0 Å². The molecule has 0 saturated carbocycles. The Balaban J connectivity index is 1.88. The first-order valence-corrected chi connectivity index (χ1v) is 8.55. The lowest BCUT2D eigenvalue weighted by molar-refractivity contribution is 0.346. The van der Waals surface area contributed by atoms with E-state index in [1.165, 1.54) is 11.3 Å². The van der Waals surface area contributed by atoms with E-state index in [9.17, 15) is 0 Å². The first kappa shape index (κ1) is 16.5. The van der Waals surface area contributed by atoms with Gasteiger partial charge in [0, 0.05) is 35.8 Å². The Hall–Kier alpha value is -2.92. The quantitative estimate of drug-likeness (QED) is 0.779. The number of nitrogens with one attached hydrogen (secondary N) is 1. The number of methoxy groups -OCH3 is 3. The second kappa shape index (κ2) is 6.77. The maximum absolute atomic E-state index is 5.67. The molecule has 0 fully saturated rings. The maximum atomic E-state index is 5.67. The zero-order chi connectivity index (χ0) is 18.1. The molecule has 0 saturated heterocycles. The van der Waals surface area contributed by atoms with Crippen molar-refractivity contribution in [3.8, 4) is 22.9 Å². The number of hydrogen-bond acceptors (Lipinski definition) is 4. The average molecular weight is 350 g/mol. The predicted molar refractivity (Wildman–Crippen MR) is 101 cm³/mol. The Kier molecular flexibility index (Phi) is 4.31. The van der Waals surface area contributed by atoms with Gasteiger partial charge in [0.1, 0.15) is 5.75 Å². The van der Waals surface area contributed by atoms with Gasteiger partial charge in [-0.2, -0.15) is 0 Å². The highest BCUT2D eigenvalue weighted by atomic mass is 16.5. The van der Waals surface area contributed by atoms with E-state index < -0.39 is 0 Å². The number of para-hydroxylation sites is 1. The van der Waals surface area contributed by atoms with Gasteiger partial charge in [-0.05, 0) is 29.8 Å². The summed E-state index contributed by atoms with van der Waals surface area (Å²) in [5, 5.41) is 3.66. The zero-order valence-electron chi connectivity index (χ0n) is 15.2. The molecule has 134 valence electrons. The molecule has 2 aromatic carbocycles. The van der Waals surface area contributed by atoms with Crippen molar-refractivity contribution in [2.24, 2.45) is 0 Å². The summed E-state index contributed by atoms with van der Waals surface area (Å²) in [5.41, 5.74) is 4.62.